The van der Waals surface area contributed by atoms with Gasteiger partial charge in [0.1, 0.15) is 19.1 Å². The summed E-state index contributed by atoms with van der Waals surface area (Å²) < 4.78 is 41.7. The van der Waals surface area contributed by atoms with Crippen LogP contribution < -0.4 is 0 Å². The molecule has 0 spiro atoms. The lowest BCUT2D eigenvalue weighted by Gasteiger charge is -2.20. The summed E-state index contributed by atoms with van der Waals surface area (Å²) in [6, 6.07) is 5.38. The number of hydrogen-bond donors (Lipinski definition) is 0. The van der Waals surface area contributed by atoms with Crippen LogP contribution >= 0.6 is 0 Å². The number of halogens is 2. The summed E-state index contributed by atoms with van der Waals surface area (Å²) in [4.78, 5) is 3.07. The van der Waals surface area contributed by atoms with Crippen LogP contribution in [-0.4, -0.2) is 36.8 Å². The Labute approximate surface area is 118 Å². The normalized spacial score (nSPS) is 15.2. The zero-order valence-corrected chi connectivity index (χ0v) is 11.7. The predicted octanol–water partition coefficient (Wildman–Crippen LogP) is 3.10. The maximum atomic E-state index is 12.8. The number of rotatable bonds is 8. The summed E-state index contributed by atoms with van der Waals surface area (Å²) >= 11 is -1.39. The minimum atomic E-state index is -1.39. The summed E-state index contributed by atoms with van der Waals surface area (Å²) in [6.07, 6.45) is -0.723. The van der Waals surface area contributed by atoms with Crippen molar-refractivity contribution >= 4 is 11.2 Å². The Hall–Kier alpha value is -1.34. The van der Waals surface area contributed by atoms with E-state index < -0.39 is 36.7 Å². The zero-order valence-electron chi connectivity index (χ0n) is 10.9. The first-order chi connectivity index (χ1) is 9.67. The summed E-state index contributed by atoms with van der Waals surface area (Å²) in [5, 5.41) is 3.35. The van der Waals surface area contributed by atoms with Crippen molar-refractivity contribution in [3.63, 3.8) is 0 Å². The van der Waals surface area contributed by atoms with Gasteiger partial charge in [0, 0.05) is 12.0 Å². The van der Waals surface area contributed by atoms with Gasteiger partial charge in [-0.15, -0.1) is 0 Å². The van der Waals surface area contributed by atoms with Gasteiger partial charge in [0.2, 0.25) is 0 Å². The van der Waals surface area contributed by atoms with Gasteiger partial charge in [-0.1, -0.05) is 17.2 Å². The van der Waals surface area contributed by atoms with Gasteiger partial charge in [-0.2, -0.15) is 0 Å². The highest BCUT2D eigenvalue weighted by atomic mass is 32.2. The van der Waals surface area contributed by atoms with Crippen LogP contribution in [0, 0.1) is 0 Å². The average Bonchev–Trinajstić information content (AvgIpc) is 2.48. The highest BCUT2D eigenvalue weighted by Crippen LogP contribution is 2.25. The van der Waals surface area contributed by atoms with E-state index in [9.17, 15) is 13.3 Å². The lowest BCUT2D eigenvalue weighted by atomic mass is 10.0. The molecule has 0 aliphatic heterocycles. The number of azide groups is 1. The van der Waals surface area contributed by atoms with Gasteiger partial charge >= 0.3 is 0 Å². The van der Waals surface area contributed by atoms with E-state index in [0.29, 0.717) is 10.5 Å². The van der Waals surface area contributed by atoms with E-state index in [0.717, 1.165) is 0 Å². The monoisotopic (exact) mass is 303 g/mol. The Bertz CT molecular complexity index is 455. The predicted molar refractivity (Wildman–Crippen MR) is 72.4 cm³/mol. The summed E-state index contributed by atoms with van der Waals surface area (Å²) in [6.45, 7) is -1.51. The zero-order chi connectivity index (χ0) is 15.0. The van der Waals surface area contributed by atoms with Crippen molar-refractivity contribution in [1.82, 2.24) is 0 Å². The molecule has 0 bridgehead atoms. The molecule has 2 unspecified atom stereocenters. The van der Waals surface area contributed by atoms with E-state index >= 15 is 0 Å². The fraction of sp³-hybridized carbons (Fsp3) is 0.500. The first-order valence-electron chi connectivity index (χ1n) is 5.85. The van der Waals surface area contributed by atoms with E-state index in [4.69, 9.17) is 10.3 Å². The van der Waals surface area contributed by atoms with Crippen LogP contribution in [0.1, 0.15) is 11.7 Å². The molecule has 3 atom stereocenters. The molecular formula is C12H15F2N3O2S. The van der Waals surface area contributed by atoms with Crippen LogP contribution in [0.4, 0.5) is 8.78 Å². The van der Waals surface area contributed by atoms with Gasteiger partial charge in [0.25, 0.3) is 0 Å². The third-order valence-corrected chi connectivity index (χ3v) is 4.02. The molecule has 5 nitrogen and oxygen atoms in total. The van der Waals surface area contributed by atoms with Crippen molar-refractivity contribution in [3.8, 4) is 0 Å². The van der Waals surface area contributed by atoms with Gasteiger partial charge < -0.3 is 9.29 Å². The molecule has 0 aliphatic rings. The second-order valence-electron chi connectivity index (χ2n) is 3.89. The lowest BCUT2D eigenvalue weighted by molar-refractivity contribution is 0.0721. The van der Waals surface area contributed by atoms with Gasteiger partial charge in [-0.05, 0) is 34.4 Å². The summed E-state index contributed by atoms with van der Waals surface area (Å²) in [7, 11) is 1.38. The van der Waals surface area contributed by atoms with E-state index in [-0.39, 0.29) is 5.75 Å². The van der Waals surface area contributed by atoms with Crippen molar-refractivity contribution in [2.45, 2.75) is 17.0 Å². The number of methoxy groups -OCH3 is 1. The van der Waals surface area contributed by atoms with Crippen LogP contribution in [0.3, 0.4) is 0 Å². The summed E-state index contributed by atoms with van der Waals surface area (Å²) in [5.41, 5.74) is 9.00. The Morgan fingerprint density at radius 3 is 2.50 bits per heavy atom. The number of nitrogens with zero attached hydrogens (tertiary/aromatic N) is 3. The average molecular weight is 303 g/mol. The summed E-state index contributed by atoms with van der Waals surface area (Å²) in [5.74, 6) is -0.0567. The lowest BCUT2D eigenvalue weighted by Crippen LogP contribution is -2.20. The first-order valence-corrected chi connectivity index (χ1v) is 7.17. The smallest absolute Gasteiger partial charge is 0.152 e. The largest absolute Gasteiger partial charge is 0.611 e. The van der Waals surface area contributed by atoms with Gasteiger partial charge in [0.05, 0.1) is 12.1 Å². The second kappa shape index (κ2) is 8.76. The van der Waals surface area contributed by atoms with Crippen molar-refractivity contribution in [2.75, 3.05) is 26.2 Å². The highest BCUT2D eigenvalue weighted by Gasteiger charge is 2.22. The second-order valence-corrected chi connectivity index (χ2v) is 5.46. The molecule has 0 aliphatic carbocycles. The fourth-order valence-electron chi connectivity index (χ4n) is 1.75. The Balaban J connectivity index is 2.91. The fourth-order valence-corrected chi connectivity index (χ4v) is 2.57. The molecular weight excluding hydrogens is 288 g/mol. The topological polar surface area (TPSA) is 81.0 Å². The minimum absolute atomic E-state index is 0.0567. The molecule has 0 saturated carbocycles. The molecule has 0 fully saturated rings. The van der Waals surface area contributed by atoms with E-state index in [2.05, 4.69) is 10.0 Å². The Kier molecular flexibility index (Phi) is 7.32. The molecule has 20 heavy (non-hydrogen) atoms. The molecule has 1 aromatic rings. The molecule has 0 amide bonds. The van der Waals surface area contributed by atoms with Gasteiger partial charge in [-0.25, -0.2) is 4.39 Å². The third kappa shape index (κ3) is 4.35. The van der Waals surface area contributed by atoms with E-state index in [1.165, 1.54) is 7.11 Å². The molecule has 1 rings (SSSR count). The number of alkyl halides is 2. The van der Waals surface area contributed by atoms with E-state index in [1.807, 2.05) is 0 Å². The quantitative estimate of drug-likeness (QED) is 0.320. The molecule has 110 valence electrons. The molecule has 0 aromatic heterocycles. The molecule has 1 aromatic carbocycles. The van der Waals surface area contributed by atoms with Crippen molar-refractivity contribution in [3.05, 3.63) is 40.3 Å². The van der Waals surface area contributed by atoms with Crippen molar-refractivity contribution in [2.24, 2.45) is 5.11 Å². The first kappa shape index (κ1) is 16.7. The minimum Gasteiger partial charge on any atom is -0.611 e. The van der Waals surface area contributed by atoms with Crippen molar-refractivity contribution in [1.29, 1.82) is 0 Å². The molecule has 0 heterocycles. The number of ether oxygens (including phenoxy) is 1. The number of benzene rings is 1. The van der Waals surface area contributed by atoms with Crippen LogP contribution in [0.25, 0.3) is 10.4 Å². The standard InChI is InChI=1S/C12H15F2N3O2S/c1-19-12(11(8-14)16-17-15)9-2-4-10(5-3-9)20(18)7-6-13/h2-5,11-12H,6-8H2,1H3/t11?,12-,20?/m1/s1. The van der Waals surface area contributed by atoms with Crippen LogP contribution in [0.5, 0.6) is 0 Å². The highest BCUT2D eigenvalue weighted by molar-refractivity contribution is 7.91. The van der Waals surface area contributed by atoms with Crippen LogP contribution in [0.15, 0.2) is 34.3 Å². The molecule has 0 N–H and O–H groups in total. The van der Waals surface area contributed by atoms with Gasteiger partial charge in [0.15, 0.2) is 4.90 Å². The van der Waals surface area contributed by atoms with Crippen LogP contribution in [-0.2, 0) is 15.9 Å². The molecule has 0 radical (unpaired) electrons. The SMILES string of the molecule is CO[C@H](c1ccc([S+]([O-])CCF)cc1)C(CF)N=[N+]=[N-]. The maximum Gasteiger partial charge on any atom is 0.152 e. The van der Waals surface area contributed by atoms with E-state index in [1.54, 1.807) is 24.3 Å². The Morgan fingerprint density at radius 1 is 1.40 bits per heavy atom. The van der Waals surface area contributed by atoms with Crippen LogP contribution in [0.2, 0.25) is 0 Å². The number of hydrogen-bond acceptors (Lipinski definition) is 3. The van der Waals surface area contributed by atoms with Gasteiger partial charge in [-0.3, -0.25) is 4.39 Å². The maximum absolute atomic E-state index is 12.8. The third-order valence-electron chi connectivity index (χ3n) is 2.70. The Morgan fingerprint density at radius 2 is 2.05 bits per heavy atom. The van der Waals surface area contributed by atoms with Crippen molar-refractivity contribution < 1.29 is 18.1 Å². The molecule has 0 saturated heterocycles. The molecule has 8 heteroatoms.